The maximum absolute atomic E-state index is 7.42. The lowest BCUT2D eigenvalue weighted by atomic mass is 9.82. The molecule has 2 heteroatoms. The van der Waals surface area contributed by atoms with Crippen LogP contribution in [0.5, 0.6) is 0 Å². The van der Waals surface area contributed by atoms with Gasteiger partial charge in [-0.1, -0.05) is 173 Å². The minimum atomic E-state index is -0.172. The molecule has 0 aliphatic heterocycles. The van der Waals surface area contributed by atoms with Crippen molar-refractivity contribution in [1.82, 2.24) is 0 Å². The van der Waals surface area contributed by atoms with Gasteiger partial charge in [-0.05, 0) is 125 Å². The quantitative estimate of drug-likeness (QED) is 0.165. The van der Waals surface area contributed by atoms with Crippen molar-refractivity contribution in [2.75, 3.05) is 4.90 Å². The van der Waals surface area contributed by atoms with Crippen LogP contribution in [0.2, 0.25) is 0 Å². The zero-order valence-corrected chi connectivity index (χ0v) is 35.3. The first-order valence-electron chi connectivity index (χ1n) is 21.8. The van der Waals surface area contributed by atoms with E-state index in [1.807, 2.05) is 0 Å². The van der Waals surface area contributed by atoms with Gasteiger partial charge >= 0.3 is 0 Å². The summed E-state index contributed by atoms with van der Waals surface area (Å²) in [6.45, 7) is 9.48. The number of anilines is 3. The van der Waals surface area contributed by atoms with Crippen molar-refractivity contribution in [1.29, 1.82) is 0 Å². The second-order valence-corrected chi connectivity index (χ2v) is 18.5. The zero-order chi connectivity index (χ0) is 41.5. The molecule has 0 spiro atoms. The third kappa shape index (κ3) is 4.81. The minimum absolute atomic E-state index is 0.172. The van der Waals surface area contributed by atoms with Crippen molar-refractivity contribution in [2.45, 2.75) is 38.5 Å². The van der Waals surface area contributed by atoms with E-state index >= 15 is 0 Å². The normalized spacial score (nSPS) is 14.4. The highest BCUT2D eigenvalue weighted by atomic mass is 16.3. The van der Waals surface area contributed by atoms with Crippen molar-refractivity contribution in [3.63, 3.8) is 0 Å². The van der Waals surface area contributed by atoms with Gasteiger partial charge in [0.2, 0.25) is 0 Å². The molecular weight excluding hydrogens is 751 g/mol. The number of benzene rings is 10. The number of furan rings is 1. The Bertz CT molecular complexity index is 3600. The Hall–Kier alpha value is -7.42. The van der Waals surface area contributed by atoms with Crippen molar-refractivity contribution >= 4 is 71.3 Å². The fraction of sp³-hybridized carbons (Fsp3) is 0.100. The van der Waals surface area contributed by atoms with Gasteiger partial charge in [0.15, 0.2) is 5.58 Å². The number of nitrogens with zero attached hydrogens (tertiary/aromatic N) is 1. The summed E-state index contributed by atoms with van der Waals surface area (Å²) in [7, 11) is 0. The molecule has 0 unspecified atom stereocenters. The Morgan fingerprint density at radius 1 is 0.355 bits per heavy atom. The van der Waals surface area contributed by atoms with Crippen LogP contribution < -0.4 is 4.90 Å². The molecule has 1 heterocycles. The summed E-state index contributed by atoms with van der Waals surface area (Å²) in [5.74, 6) is 0. The van der Waals surface area contributed by atoms with E-state index in [9.17, 15) is 0 Å². The highest BCUT2D eigenvalue weighted by Gasteiger charge is 2.38. The fourth-order valence-electron chi connectivity index (χ4n) is 11.3. The van der Waals surface area contributed by atoms with Crippen molar-refractivity contribution in [2.24, 2.45) is 0 Å². The summed E-state index contributed by atoms with van der Waals surface area (Å²) in [5.41, 5.74) is 17.6. The number of hydrogen-bond donors (Lipinski definition) is 0. The molecule has 2 aliphatic rings. The van der Waals surface area contributed by atoms with Crippen LogP contribution in [-0.2, 0) is 10.8 Å². The Kier molecular flexibility index (Phi) is 7.16. The molecule has 0 atom stereocenters. The third-order valence-electron chi connectivity index (χ3n) is 14.4. The first kappa shape index (κ1) is 35.3. The molecule has 0 saturated carbocycles. The summed E-state index contributed by atoms with van der Waals surface area (Å²) in [6.07, 6.45) is 0. The lowest BCUT2D eigenvalue weighted by molar-refractivity contribution is 0.660. The van der Waals surface area contributed by atoms with Crippen LogP contribution in [0.3, 0.4) is 0 Å². The van der Waals surface area contributed by atoms with Crippen LogP contribution in [0.4, 0.5) is 17.1 Å². The highest BCUT2D eigenvalue weighted by molar-refractivity contribution is 6.31. The van der Waals surface area contributed by atoms with Gasteiger partial charge < -0.3 is 9.32 Å². The van der Waals surface area contributed by atoms with E-state index in [-0.39, 0.29) is 10.8 Å². The number of rotatable bonds is 4. The summed E-state index contributed by atoms with van der Waals surface area (Å²) in [6, 6.07) is 69.9. The Balaban J connectivity index is 1.16. The molecule has 2 aliphatic carbocycles. The average Bonchev–Trinajstić information content (AvgIpc) is 3.89. The molecule has 11 aromatic rings. The van der Waals surface area contributed by atoms with Crippen molar-refractivity contribution in [3.05, 3.63) is 210 Å². The second kappa shape index (κ2) is 12.6. The molecule has 10 aromatic carbocycles. The largest absolute Gasteiger partial charge is 0.453 e. The molecule has 0 amide bonds. The van der Waals surface area contributed by atoms with Gasteiger partial charge in [0.25, 0.3) is 0 Å². The predicted molar refractivity (Wildman–Crippen MR) is 261 cm³/mol. The first-order valence-corrected chi connectivity index (χ1v) is 21.8. The molecule has 13 rings (SSSR count). The van der Waals surface area contributed by atoms with E-state index in [0.717, 1.165) is 50.0 Å². The van der Waals surface area contributed by atoms with E-state index in [4.69, 9.17) is 4.42 Å². The highest BCUT2D eigenvalue weighted by Crippen LogP contribution is 2.55. The third-order valence-corrected chi connectivity index (χ3v) is 14.4. The van der Waals surface area contributed by atoms with Gasteiger partial charge in [0, 0.05) is 38.4 Å². The van der Waals surface area contributed by atoms with Crippen LogP contribution in [0.1, 0.15) is 49.9 Å². The zero-order valence-electron chi connectivity index (χ0n) is 35.3. The van der Waals surface area contributed by atoms with E-state index in [2.05, 4.69) is 221 Å². The number of hydrogen-bond acceptors (Lipinski definition) is 2. The lowest BCUT2D eigenvalue weighted by Gasteiger charge is -2.30. The number of fused-ring (bicyclic) bond motifs is 15. The maximum atomic E-state index is 7.42. The van der Waals surface area contributed by atoms with Gasteiger partial charge in [-0.25, -0.2) is 0 Å². The summed E-state index contributed by atoms with van der Waals surface area (Å²) in [5, 5.41) is 9.45. The molecule has 2 nitrogen and oxygen atoms in total. The van der Waals surface area contributed by atoms with E-state index < -0.39 is 0 Å². The smallest absolute Gasteiger partial charge is 0.159 e. The van der Waals surface area contributed by atoms with Crippen molar-refractivity contribution < 1.29 is 4.42 Å². The molecule has 0 N–H and O–H groups in total. The Morgan fingerprint density at radius 3 is 1.52 bits per heavy atom. The van der Waals surface area contributed by atoms with Crippen LogP contribution in [0.15, 0.2) is 192 Å². The SMILES string of the molecule is CC1(C)c2ccccc2-c2ccc(N(c3ccc4c(c3)C(C)(C)c3ccccc3-4)c3cc(-c4ccc5ccccc5c4)cc4c3oc3c5ccccc5c5ccccc5c43)cc21. The molecule has 0 fully saturated rings. The monoisotopic (exact) mass is 793 g/mol. The molecule has 294 valence electrons. The summed E-state index contributed by atoms with van der Waals surface area (Å²) in [4.78, 5) is 2.48. The van der Waals surface area contributed by atoms with E-state index in [1.165, 1.54) is 77.0 Å². The predicted octanol–water partition coefficient (Wildman–Crippen LogP) is 16.8. The topological polar surface area (TPSA) is 16.4 Å². The van der Waals surface area contributed by atoms with Crippen LogP contribution in [-0.4, -0.2) is 0 Å². The minimum Gasteiger partial charge on any atom is -0.453 e. The molecule has 62 heavy (non-hydrogen) atoms. The average molecular weight is 794 g/mol. The standard InChI is InChI=1S/C60H43NO/c1-59(2)51-23-13-11-19-44(51)46-29-27-40(34-53(46)59)61(41-28-30-47-45-20-12-14-24-52(45)60(3,4)54(47)35-41)55-33-39(38-26-25-36-15-5-6-16-37(36)31-38)32-50-56-48-21-9-7-17-42(48)43-18-8-10-22-49(43)58(56)62-57(50)55/h5-35H,1-4H3. The Morgan fingerprint density at radius 2 is 0.871 bits per heavy atom. The van der Waals surface area contributed by atoms with Crippen LogP contribution in [0, 0.1) is 0 Å². The van der Waals surface area contributed by atoms with Gasteiger partial charge in [-0.3, -0.25) is 0 Å². The van der Waals surface area contributed by atoms with Gasteiger partial charge in [0.05, 0.1) is 5.69 Å². The van der Waals surface area contributed by atoms with Crippen LogP contribution >= 0.6 is 0 Å². The lowest BCUT2D eigenvalue weighted by Crippen LogP contribution is -2.18. The maximum Gasteiger partial charge on any atom is 0.159 e. The summed E-state index contributed by atoms with van der Waals surface area (Å²) >= 11 is 0. The van der Waals surface area contributed by atoms with Crippen molar-refractivity contribution in [3.8, 4) is 33.4 Å². The molecule has 0 saturated heterocycles. The molecule has 0 radical (unpaired) electrons. The van der Waals surface area contributed by atoms with Gasteiger partial charge in [-0.2, -0.15) is 0 Å². The second-order valence-electron chi connectivity index (χ2n) is 18.5. The van der Waals surface area contributed by atoms with E-state index in [0.29, 0.717) is 0 Å². The summed E-state index contributed by atoms with van der Waals surface area (Å²) < 4.78 is 7.42. The van der Waals surface area contributed by atoms with Gasteiger partial charge in [-0.15, -0.1) is 0 Å². The van der Waals surface area contributed by atoms with Gasteiger partial charge in [0.1, 0.15) is 5.58 Å². The van der Waals surface area contributed by atoms with Crippen LogP contribution in [0.25, 0.3) is 87.6 Å². The molecule has 0 bridgehead atoms. The first-order chi connectivity index (χ1) is 30.3. The molecule has 1 aromatic heterocycles. The Labute approximate surface area is 361 Å². The molecular formula is C60H43NO. The van der Waals surface area contributed by atoms with E-state index in [1.54, 1.807) is 0 Å². The fourth-order valence-corrected chi connectivity index (χ4v) is 11.3.